The Morgan fingerprint density at radius 1 is 1.03 bits per heavy atom. The van der Waals surface area contributed by atoms with Gasteiger partial charge in [-0.05, 0) is 17.5 Å². The van der Waals surface area contributed by atoms with Gasteiger partial charge in [0.25, 0.3) is 0 Å². The maximum absolute atomic E-state index is 13.6. The fourth-order valence-electron chi connectivity index (χ4n) is 4.14. The average molecular weight is 558 g/mol. The second-order valence-electron chi connectivity index (χ2n) is 9.47. The van der Waals surface area contributed by atoms with Crippen molar-refractivity contribution in [2.75, 3.05) is 5.75 Å². The zero-order valence-corrected chi connectivity index (χ0v) is 22.7. The number of aromatic amines is 2. The van der Waals surface area contributed by atoms with E-state index in [0.29, 0.717) is 12.1 Å². The molecule has 210 valence electrons. The summed E-state index contributed by atoms with van der Waals surface area (Å²) in [4.78, 5) is 61.1. The largest absolute Gasteiger partial charge is 0.480 e. The topological polar surface area (TPSA) is 195 Å². The van der Waals surface area contributed by atoms with E-state index in [4.69, 9.17) is 5.73 Å². The first-order valence-electron chi connectivity index (χ1n) is 12.7. The summed E-state index contributed by atoms with van der Waals surface area (Å²) < 4.78 is 0. The van der Waals surface area contributed by atoms with Crippen LogP contribution in [0.4, 0.5) is 0 Å². The molecule has 39 heavy (non-hydrogen) atoms. The number of H-pyrrole nitrogens is 2. The van der Waals surface area contributed by atoms with Gasteiger partial charge in [0.05, 0.1) is 12.4 Å². The first-order chi connectivity index (χ1) is 18.6. The minimum absolute atomic E-state index is 0.115. The van der Waals surface area contributed by atoms with E-state index in [-0.39, 0.29) is 24.5 Å². The number of benzene rings is 1. The highest BCUT2D eigenvalue weighted by Crippen LogP contribution is 2.20. The van der Waals surface area contributed by atoms with Crippen LogP contribution in [-0.2, 0) is 32.0 Å². The van der Waals surface area contributed by atoms with Crippen molar-refractivity contribution in [2.24, 2.45) is 11.7 Å². The van der Waals surface area contributed by atoms with E-state index in [1.807, 2.05) is 31.2 Å². The third kappa shape index (κ3) is 7.83. The van der Waals surface area contributed by atoms with Crippen molar-refractivity contribution in [3.63, 3.8) is 0 Å². The Morgan fingerprint density at radius 2 is 1.74 bits per heavy atom. The molecule has 0 saturated carbocycles. The van der Waals surface area contributed by atoms with E-state index >= 15 is 0 Å². The van der Waals surface area contributed by atoms with E-state index in [1.54, 1.807) is 19.3 Å². The molecule has 3 amide bonds. The number of aromatic nitrogens is 3. The molecule has 5 atom stereocenters. The number of para-hydroxylation sites is 1. The smallest absolute Gasteiger partial charge is 0.327 e. The minimum atomic E-state index is -1.23. The van der Waals surface area contributed by atoms with Crippen LogP contribution in [0.15, 0.2) is 43.0 Å². The summed E-state index contributed by atoms with van der Waals surface area (Å²) in [5.74, 6) is -3.46. The molecule has 8 N–H and O–H groups in total. The Hall–Kier alpha value is -3.84. The van der Waals surface area contributed by atoms with E-state index in [2.05, 4.69) is 43.5 Å². The zero-order valence-electron chi connectivity index (χ0n) is 21.8. The van der Waals surface area contributed by atoms with Crippen LogP contribution in [0.2, 0.25) is 0 Å². The summed E-state index contributed by atoms with van der Waals surface area (Å²) in [5.41, 5.74) is 8.44. The lowest BCUT2D eigenvalue weighted by atomic mass is 9.96. The quantitative estimate of drug-likeness (QED) is 0.132. The number of imidazole rings is 1. The van der Waals surface area contributed by atoms with Crippen LogP contribution >= 0.6 is 12.6 Å². The van der Waals surface area contributed by atoms with Gasteiger partial charge < -0.3 is 36.8 Å². The van der Waals surface area contributed by atoms with Gasteiger partial charge in [-0.25, -0.2) is 9.78 Å². The van der Waals surface area contributed by atoms with Crippen molar-refractivity contribution in [3.8, 4) is 0 Å². The monoisotopic (exact) mass is 557 g/mol. The van der Waals surface area contributed by atoms with Gasteiger partial charge in [0.1, 0.15) is 18.1 Å². The second-order valence-corrected chi connectivity index (χ2v) is 9.83. The fraction of sp³-hybridized carbons (Fsp3) is 0.423. The average Bonchev–Trinajstić information content (AvgIpc) is 3.59. The van der Waals surface area contributed by atoms with Gasteiger partial charge in [-0.1, -0.05) is 38.5 Å². The number of carboxylic acids is 1. The standard InChI is InChI=1S/C26H35N7O5S/c1-3-14(2)22(25(36)32-21(12-39)26(37)38)33-24(35)20(8-15-10-29-19-7-5-4-6-17(15)19)31-23(34)18(27)9-16-11-28-13-30-16/h4-7,10-11,13-14,18,20-22,29,39H,3,8-9,12,27H2,1-2H3,(H,28,30)(H,31,34)(H,32,36)(H,33,35)(H,37,38). The van der Waals surface area contributed by atoms with Crippen LogP contribution in [0.25, 0.3) is 10.9 Å². The molecule has 0 bridgehead atoms. The maximum Gasteiger partial charge on any atom is 0.327 e. The van der Waals surface area contributed by atoms with Crippen molar-refractivity contribution in [2.45, 2.75) is 57.3 Å². The van der Waals surface area contributed by atoms with Crippen LogP contribution in [-0.4, -0.2) is 73.7 Å². The molecule has 0 aliphatic rings. The lowest BCUT2D eigenvalue weighted by Crippen LogP contribution is -2.59. The van der Waals surface area contributed by atoms with Gasteiger partial charge in [0.15, 0.2) is 0 Å². The van der Waals surface area contributed by atoms with Gasteiger partial charge in [-0.2, -0.15) is 12.6 Å². The van der Waals surface area contributed by atoms with Crippen LogP contribution in [0.5, 0.6) is 0 Å². The molecule has 0 aliphatic heterocycles. The van der Waals surface area contributed by atoms with E-state index < -0.39 is 47.9 Å². The number of nitrogens with one attached hydrogen (secondary N) is 5. The van der Waals surface area contributed by atoms with Crippen molar-refractivity contribution < 1.29 is 24.3 Å². The SMILES string of the molecule is CCC(C)C(NC(=O)C(Cc1c[nH]c2ccccc12)NC(=O)C(N)Cc1cnc[nH]1)C(=O)NC(CS)C(=O)O. The van der Waals surface area contributed by atoms with Crippen LogP contribution < -0.4 is 21.7 Å². The minimum Gasteiger partial charge on any atom is -0.480 e. The summed E-state index contributed by atoms with van der Waals surface area (Å²) >= 11 is 3.99. The molecular weight excluding hydrogens is 522 g/mol. The molecule has 0 radical (unpaired) electrons. The number of hydrogen-bond donors (Lipinski definition) is 8. The van der Waals surface area contributed by atoms with Crippen molar-refractivity contribution in [1.29, 1.82) is 0 Å². The summed E-state index contributed by atoms with van der Waals surface area (Å²) in [6.45, 7) is 3.62. The van der Waals surface area contributed by atoms with Crippen molar-refractivity contribution >= 4 is 47.2 Å². The van der Waals surface area contributed by atoms with Crippen LogP contribution in [0, 0.1) is 5.92 Å². The molecule has 3 aromatic rings. The number of carboxylic acid groups (broad SMARTS) is 1. The Morgan fingerprint density at radius 3 is 2.38 bits per heavy atom. The Kier molecular flexibility index (Phi) is 10.5. The molecule has 13 heteroatoms. The van der Waals surface area contributed by atoms with Gasteiger partial charge in [-0.15, -0.1) is 0 Å². The molecule has 2 heterocycles. The fourth-order valence-corrected chi connectivity index (χ4v) is 4.38. The predicted molar refractivity (Wildman–Crippen MR) is 149 cm³/mol. The van der Waals surface area contributed by atoms with Crippen LogP contribution in [0.3, 0.4) is 0 Å². The highest BCUT2D eigenvalue weighted by atomic mass is 32.1. The lowest BCUT2D eigenvalue weighted by Gasteiger charge is -2.28. The second kappa shape index (κ2) is 13.8. The van der Waals surface area contributed by atoms with Crippen LogP contribution in [0.1, 0.15) is 31.5 Å². The molecule has 3 rings (SSSR count). The number of thiol groups is 1. The van der Waals surface area contributed by atoms with E-state index in [1.165, 1.54) is 6.33 Å². The summed E-state index contributed by atoms with van der Waals surface area (Å²) in [5, 5.41) is 18.1. The molecular formula is C26H35N7O5S. The molecule has 12 nitrogen and oxygen atoms in total. The number of nitrogens with zero attached hydrogens (tertiary/aromatic N) is 1. The zero-order chi connectivity index (χ0) is 28.5. The number of rotatable bonds is 14. The Bertz CT molecular complexity index is 1280. The number of hydrogen-bond acceptors (Lipinski definition) is 7. The first-order valence-corrected chi connectivity index (χ1v) is 13.3. The predicted octanol–water partition coefficient (Wildman–Crippen LogP) is 0.518. The normalized spacial score (nSPS) is 15.1. The van der Waals surface area contributed by atoms with E-state index in [0.717, 1.165) is 16.5 Å². The highest BCUT2D eigenvalue weighted by molar-refractivity contribution is 7.80. The molecule has 0 spiro atoms. The highest BCUT2D eigenvalue weighted by Gasteiger charge is 2.33. The number of fused-ring (bicyclic) bond motifs is 1. The van der Waals surface area contributed by atoms with Gasteiger partial charge >= 0.3 is 5.97 Å². The number of aliphatic carboxylic acids is 1. The third-order valence-electron chi connectivity index (χ3n) is 6.65. The number of amides is 3. The molecule has 0 fully saturated rings. The molecule has 1 aromatic carbocycles. The van der Waals surface area contributed by atoms with Crippen molar-refractivity contribution in [3.05, 3.63) is 54.2 Å². The summed E-state index contributed by atoms with van der Waals surface area (Å²) in [6.07, 6.45) is 5.66. The van der Waals surface area contributed by atoms with Gasteiger partial charge in [0.2, 0.25) is 17.7 Å². The number of carbonyl (C=O) groups is 4. The molecule has 0 aliphatic carbocycles. The number of nitrogens with two attached hydrogens (primary N) is 1. The molecule has 5 unspecified atom stereocenters. The van der Waals surface area contributed by atoms with Gasteiger partial charge in [0, 0.05) is 47.6 Å². The summed E-state index contributed by atoms with van der Waals surface area (Å²) in [6, 6.07) is 3.28. The van der Waals surface area contributed by atoms with E-state index in [9.17, 15) is 24.3 Å². The Balaban J connectivity index is 1.83. The first kappa shape index (κ1) is 29.7. The maximum atomic E-state index is 13.6. The molecule has 2 aromatic heterocycles. The number of carbonyl (C=O) groups excluding carboxylic acids is 3. The Labute approximate surface area is 231 Å². The summed E-state index contributed by atoms with van der Waals surface area (Å²) in [7, 11) is 0. The molecule has 0 saturated heterocycles. The third-order valence-corrected chi connectivity index (χ3v) is 7.02. The lowest BCUT2D eigenvalue weighted by molar-refractivity contribution is -0.142. The van der Waals surface area contributed by atoms with Gasteiger partial charge in [-0.3, -0.25) is 14.4 Å². The van der Waals surface area contributed by atoms with Crippen molar-refractivity contribution in [1.82, 2.24) is 30.9 Å².